The maximum Gasteiger partial charge on any atom is 0.220 e. The lowest BCUT2D eigenvalue weighted by Crippen LogP contribution is -2.38. The van der Waals surface area contributed by atoms with E-state index in [4.69, 9.17) is 5.73 Å². The minimum absolute atomic E-state index is 0.0922. The molecule has 0 aromatic rings. The van der Waals surface area contributed by atoms with Gasteiger partial charge in [0.25, 0.3) is 0 Å². The molecule has 0 atom stereocenters. The van der Waals surface area contributed by atoms with Crippen molar-refractivity contribution in [2.24, 2.45) is 11.1 Å². The van der Waals surface area contributed by atoms with E-state index in [0.717, 1.165) is 25.8 Å². The van der Waals surface area contributed by atoms with Crippen LogP contribution in [0.5, 0.6) is 0 Å². The minimum atomic E-state index is 0.0922. The molecule has 0 aromatic carbocycles. The monoisotopic (exact) mass is 264 g/mol. The topological polar surface area (TPSA) is 55.1 Å². The number of amides is 1. The molecule has 3 nitrogen and oxygen atoms in total. The fourth-order valence-electron chi connectivity index (χ4n) is 3.48. The number of carbonyl (C=O) groups is 1. The Bertz CT molecular complexity index is 330. The maximum atomic E-state index is 12.1. The van der Waals surface area contributed by atoms with Crippen LogP contribution in [-0.2, 0) is 4.79 Å². The SMILES string of the molecule is NCC1(CC(=O)NCCC2=CCCC2)CCCCC1. The highest BCUT2D eigenvalue weighted by molar-refractivity contribution is 5.76. The summed E-state index contributed by atoms with van der Waals surface area (Å²) in [4.78, 5) is 12.1. The summed E-state index contributed by atoms with van der Waals surface area (Å²) in [5.74, 6) is 0.200. The van der Waals surface area contributed by atoms with Crippen LogP contribution < -0.4 is 11.1 Å². The molecule has 0 aromatic heterocycles. The molecule has 0 spiro atoms. The van der Waals surface area contributed by atoms with E-state index in [1.54, 1.807) is 0 Å². The highest BCUT2D eigenvalue weighted by atomic mass is 16.1. The van der Waals surface area contributed by atoms with Gasteiger partial charge in [-0.15, -0.1) is 0 Å². The van der Waals surface area contributed by atoms with E-state index in [2.05, 4.69) is 11.4 Å². The smallest absolute Gasteiger partial charge is 0.220 e. The van der Waals surface area contributed by atoms with E-state index in [-0.39, 0.29) is 11.3 Å². The summed E-state index contributed by atoms with van der Waals surface area (Å²) in [6, 6.07) is 0. The normalized spacial score (nSPS) is 22.1. The average molecular weight is 264 g/mol. The molecule has 0 heterocycles. The Hall–Kier alpha value is -0.830. The molecule has 3 N–H and O–H groups in total. The first-order valence-electron chi connectivity index (χ1n) is 7.89. The van der Waals surface area contributed by atoms with Crippen LogP contribution in [0.1, 0.15) is 64.2 Å². The molecule has 2 aliphatic rings. The predicted octanol–water partition coefficient (Wildman–Crippen LogP) is 2.90. The molecular formula is C16H28N2O. The van der Waals surface area contributed by atoms with Crippen molar-refractivity contribution >= 4 is 5.91 Å². The molecule has 0 bridgehead atoms. The number of carbonyl (C=O) groups excluding carboxylic acids is 1. The number of allylic oxidation sites excluding steroid dienone is 1. The van der Waals surface area contributed by atoms with E-state index in [1.165, 1.54) is 44.1 Å². The van der Waals surface area contributed by atoms with Gasteiger partial charge in [-0.25, -0.2) is 0 Å². The molecule has 19 heavy (non-hydrogen) atoms. The molecule has 1 amide bonds. The molecule has 0 radical (unpaired) electrons. The Morgan fingerprint density at radius 1 is 1.26 bits per heavy atom. The average Bonchev–Trinajstić information content (AvgIpc) is 2.93. The lowest BCUT2D eigenvalue weighted by atomic mass is 9.71. The molecule has 108 valence electrons. The predicted molar refractivity (Wildman–Crippen MR) is 78.8 cm³/mol. The zero-order valence-electron chi connectivity index (χ0n) is 12.0. The van der Waals surface area contributed by atoms with Crippen molar-refractivity contribution in [1.29, 1.82) is 0 Å². The Kier molecular flexibility index (Phi) is 5.44. The van der Waals surface area contributed by atoms with Gasteiger partial charge in [0, 0.05) is 13.0 Å². The lowest BCUT2D eigenvalue weighted by molar-refractivity contribution is -0.123. The lowest BCUT2D eigenvalue weighted by Gasteiger charge is -2.35. The van der Waals surface area contributed by atoms with Gasteiger partial charge in [-0.3, -0.25) is 4.79 Å². The van der Waals surface area contributed by atoms with Gasteiger partial charge in [-0.05, 0) is 50.5 Å². The van der Waals surface area contributed by atoms with Crippen LogP contribution >= 0.6 is 0 Å². The number of nitrogens with two attached hydrogens (primary N) is 1. The second kappa shape index (κ2) is 7.09. The molecule has 0 aliphatic heterocycles. The Morgan fingerprint density at radius 2 is 2.05 bits per heavy atom. The van der Waals surface area contributed by atoms with E-state index in [9.17, 15) is 4.79 Å². The number of nitrogens with one attached hydrogen (secondary N) is 1. The van der Waals surface area contributed by atoms with Crippen LogP contribution in [0.4, 0.5) is 0 Å². The van der Waals surface area contributed by atoms with Gasteiger partial charge < -0.3 is 11.1 Å². The maximum absolute atomic E-state index is 12.1. The number of hydrogen-bond donors (Lipinski definition) is 2. The van der Waals surface area contributed by atoms with Gasteiger partial charge in [0.15, 0.2) is 0 Å². The highest BCUT2D eigenvalue weighted by Crippen LogP contribution is 2.38. The summed E-state index contributed by atoms with van der Waals surface area (Å²) in [5, 5.41) is 3.08. The third-order valence-electron chi connectivity index (χ3n) is 4.79. The third-order valence-corrected chi connectivity index (χ3v) is 4.79. The van der Waals surface area contributed by atoms with E-state index < -0.39 is 0 Å². The molecule has 0 unspecified atom stereocenters. The summed E-state index contributed by atoms with van der Waals surface area (Å²) < 4.78 is 0. The number of rotatable bonds is 6. The van der Waals surface area contributed by atoms with Crippen LogP contribution in [0.3, 0.4) is 0 Å². The highest BCUT2D eigenvalue weighted by Gasteiger charge is 2.32. The van der Waals surface area contributed by atoms with Gasteiger partial charge in [0.05, 0.1) is 0 Å². The zero-order valence-corrected chi connectivity index (χ0v) is 12.0. The minimum Gasteiger partial charge on any atom is -0.356 e. The first-order chi connectivity index (χ1) is 9.24. The molecule has 2 rings (SSSR count). The van der Waals surface area contributed by atoms with Crippen LogP contribution in [0.25, 0.3) is 0 Å². The van der Waals surface area contributed by atoms with Crippen molar-refractivity contribution in [3.63, 3.8) is 0 Å². The summed E-state index contributed by atoms with van der Waals surface area (Å²) in [6.45, 7) is 1.46. The van der Waals surface area contributed by atoms with Crippen LogP contribution in [-0.4, -0.2) is 19.0 Å². The summed E-state index contributed by atoms with van der Waals surface area (Å²) in [6.07, 6.45) is 13.7. The van der Waals surface area contributed by atoms with Gasteiger partial charge >= 0.3 is 0 Å². The Labute approximate surface area is 117 Å². The quantitative estimate of drug-likeness (QED) is 0.725. The number of hydrogen-bond acceptors (Lipinski definition) is 2. The first-order valence-corrected chi connectivity index (χ1v) is 7.89. The largest absolute Gasteiger partial charge is 0.356 e. The third kappa shape index (κ3) is 4.34. The van der Waals surface area contributed by atoms with Crippen LogP contribution in [0.2, 0.25) is 0 Å². The first kappa shape index (κ1) is 14.6. The molecule has 2 aliphatic carbocycles. The summed E-state index contributed by atoms with van der Waals surface area (Å²) in [7, 11) is 0. The second-order valence-electron chi connectivity index (χ2n) is 6.30. The molecule has 1 fully saturated rings. The zero-order chi connectivity index (χ0) is 13.6. The van der Waals surface area contributed by atoms with Gasteiger partial charge in [0.1, 0.15) is 0 Å². The molecule has 0 saturated heterocycles. The van der Waals surface area contributed by atoms with Crippen molar-refractivity contribution in [2.45, 2.75) is 64.2 Å². The summed E-state index contributed by atoms with van der Waals surface area (Å²) >= 11 is 0. The van der Waals surface area contributed by atoms with Crippen molar-refractivity contribution in [2.75, 3.05) is 13.1 Å². The second-order valence-corrected chi connectivity index (χ2v) is 6.30. The standard InChI is InChI=1S/C16H28N2O/c17-13-16(9-4-1-5-10-16)12-15(19)18-11-8-14-6-2-3-7-14/h6H,1-5,7-13,17H2,(H,18,19). The van der Waals surface area contributed by atoms with Gasteiger partial charge in [-0.1, -0.05) is 30.9 Å². The van der Waals surface area contributed by atoms with E-state index in [1.807, 2.05) is 0 Å². The fourth-order valence-corrected chi connectivity index (χ4v) is 3.48. The van der Waals surface area contributed by atoms with Gasteiger partial charge in [0.2, 0.25) is 5.91 Å². The Balaban J connectivity index is 1.70. The summed E-state index contributed by atoms with van der Waals surface area (Å²) in [5.41, 5.74) is 7.54. The van der Waals surface area contributed by atoms with Crippen molar-refractivity contribution < 1.29 is 4.79 Å². The molecular weight excluding hydrogens is 236 g/mol. The molecule has 3 heteroatoms. The van der Waals surface area contributed by atoms with Crippen molar-refractivity contribution in [3.8, 4) is 0 Å². The van der Waals surface area contributed by atoms with E-state index in [0.29, 0.717) is 13.0 Å². The Morgan fingerprint density at radius 3 is 2.68 bits per heavy atom. The van der Waals surface area contributed by atoms with Crippen molar-refractivity contribution in [1.82, 2.24) is 5.32 Å². The van der Waals surface area contributed by atoms with E-state index >= 15 is 0 Å². The fraction of sp³-hybridized carbons (Fsp3) is 0.812. The van der Waals surface area contributed by atoms with Crippen molar-refractivity contribution in [3.05, 3.63) is 11.6 Å². The van der Waals surface area contributed by atoms with Crippen LogP contribution in [0, 0.1) is 5.41 Å². The molecule has 1 saturated carbocycles. The van der Waals surface area contributed by atoms with Crippen LogP contribution in [0.15, 0.2) is 11.6 Å². The van der Waals surface area contributed by atoms with Gasteiger partial charge in [-0.2, -0.15) is 0 Å².